The van der Waals surface area contributed by atoms with Gasteiger partial charge in [-0.2, -0.15) is 0 Å². The summed E-state index contributed by atoms with van der Waals surface area (Å²) in [5.41, 5.74) is 2.53. The number of hydrogen-bond acceptors (Lipinski definition) is 2. The summed E-state index contributed by atoms with van der Waals surface area (Å²) in [5.74, 6) is 0.770. The Hall–Kier alpha value is -1.35. The largest absolute Gasteiger partial charge is 0.350 e. The second-order valence-electron chi connectivity index (χ2n) is 7.06. The summed E-state index contributed by atoms with van der Waals surface area (Å²) >= 11 is 0. The van der Waals surface area contributed by atoms with Crippen LogP contribution in [0.1, 0.15) is 63.1 Å². The Morgan fingerprint density at radius 2 is 1.86 bits per heavy atom. The van der Waals surface area contributed by atoms with Gasteiger partial charge >= 0.3 is 0 Å². The monoisotopic (exact) mass is 300 g/mol. The predicted molar refractivity (Wildman–Crippen MR) is 89.7 cm³/mol. The van der Waals surface area contributed by atoms with E-state index in [1.807, 2.05) is 0 Å². The number of carbonyl (C=O) groups is 1. The summed E-state index contributed by atoms with van der Waals surface area (Å²) in [7, 11) is 0. The Kier molecular flexibility index (Phi) is 4.82. The lowest BCUT2D eigenvalue weighted by molar-refractivity contribution is -0.122. The van der Waals surface area contributed by atoms with Crippen molar-refractivity contribution in [3.8, 4) is 0 Å². The van der Waals surface area contributed by atoms with Gasteiger partial charge in [0, 0.05) is 18.5 Å². The highest BCUT2D eigenvalue weighted by molar-refractivity contribution is 5.76. The molecule has 22 heavy (non-hydrogen) atoms. The average molecular weight is 300 g/mol. The molecule has 3 heteroatoms. The second kappa shape index (κ2) is 6.82. The maximum Gasteiger partial charge on any atom is 0.220 e. The maximum atomic E-state index is 12.3. The van der Waals surface area contributed by atoms with E-state index in [0.717, 1.165) is 6.42 Å². The molecule has 0 spiro atoms. The molecule has 2 heterocycles. The van der Waals surface area contributed by atoms with Crippen LogP contribution in [0, 0.1) is 5.92 Å². The SMILES string of the molecule is CCc1ccc(C(C)NC(=O)CC2CC3CCC(C2)N3)cc1. The second-order valence-corrected chi connectivity index (χ2v) is 7.06. The molecule has 3 nitrogen and oxygen atoms in total. The summed E-state index contributed by atoms with van der Waals surface area (Å²) in [5, 5.41) is 6.81. The third kappa shape index (κ3) is 3.70. The van der Waals surface area contributed by atoms with Crippen LogP contribution in [0.2, 0.25) is 0 Å². The molecule has 2 saturated heterocycles. The van der Waals surface area contributed by atoms with Gasteiger partial charge in [0.2, 0.25) is 5.91 Å². The molecule has 2 aliphatic rings. The first-order valence-corrected chi connectivity index (χ1v) is 8.78. The molecular weight excluding hydrogens is 272 g/mol. The van der Waals surface area contributed by atoms with Crippen LogP contribution in [0.3, 0.4) is 0 Å². The van der Waals surface area contributed by atoms with E-state index in [4.69, 9.17) is 0 Å². The van der Waals surface area contributed by atoms with Gasteiger partial charge in [-0.25, -0.2) is 0 Å². The van der Waals surface area contributed by atoms with Gasteiger partial charge < -0.3 is 10.6 Å². The third-order valence-corrected chi connectivity index (χ3v) is 5.31. The maximum absolute atomic E-state index is 12.3. The Morgan fingerprint density at radius 3 is 2.45 bits per heavy atom. The van der Waals surface area contributed by atoms with Gasteiger partial charge in [0.25, 0.3) is 0 Å². The van der Waals surface area contributed by atoms with Crippen LogP contribution in [0.5, 0.6) is 0 Å². The molecule has 0 aromatic heterocycles. The van der Waals surface area contributed by atoms with Crippen molar-refractivity contribution in [2.45, 2.75) is 70.5 Å². The van der Waals surface area contributed by atoms with Crippen LogP contribution < -0.4 is 10.6 Å². The van der Waals surface area contributed by atoms with E-state index in [2.05, 4.69) is 48.7 Å². The van der Waals surface area contributed by atoms with Gasteiger partial charge in [-0.15, -0.1) is 0 Å². The molecule has 1 amide bonds. The lowest BCUT2D eigenvalue weighted by Crippen LogP contribution is -2.40. The normalized spacial score (nSPS) is 28.4. The standard InChI is InChI=1S/C19H28N2O/c1-3-14-4-6-16(7-5-14)13(2)20-19(22)12-15-10-17-8-9-18(11-15)21-17/h4-7,13,15,17-18,21H,3,8-12H2,1-2H3,(H,20,22). The van der Waals surface area contributed by atoms with Gasteiger partial charge in [-0.05, 0) is 56.1 Å². The molecule has 120 valence electrons. The fourth-order valence-corrected chi connectivity index (χ4v) is 4.03. The van der Waals surface area contributed by atoms with Crippen molar-refractivity contribution in [1.82, 2.24) is 10.6 Å². The van der Waals surface area contributed by atoms with E-state index in [0.29, 0.717) is 24.4 Å². The lowest BCUT2D eigenvalue weighted by atomic mass is 9.89. The number of benzene rings is 1. The Bertz CT molecular complexity index is 499. The zero-order chi connectivity index (χ0) is 15.5. The number of piperidine rings is 1. The predicted octanol–water partition coefficient (Wildman–Crippen LogP) is 3.35. The van der Waals surface area contributed by atoms with Crippen LogP contribution in [0.25, 0.3) is 0 Å². The molecular formula is C19H28N2O. The average Bonchev–Trinajstić information content (AvgIpc) is 2.86. The first-order valence-electron chi connectivity index (χ1n) is 8.78. The van der Waals surface area contributed by atoms with Crippen molar-refractivity contribution < 1.29 is 4.79 Å². The summed E-state index contributed by atoms with van der Waals surface area (Å²) in [6.45, 7) is 4.23. The molecule has 1 aromatic carbocycles. The van der Waals surface area contributed by atoms with Crippen molar-refractivity contribution in [3.05, 3.63) is 35.4 Å². The smallest absolute Gasteiger partial charge is 0.220 e. The highest BCUT2D eigenvalue weighted by Crippen LogP contribution is 2.32. The quantitative estimate of drug-likeness (QED) is 0.875. The fourth-order valence-electron chi connectivity index (χ4n) is 4.03. The molecule has 0 radical (unpaired) electrons. The molecule has 2 aliphatic heterocycles. The number of fused-ring (bicyclic) bond motifs is 2. The molecule has 2 N–H and O–H groups in total. The van der Waals surface area contributed by atoms with E-state index in [9.17, 15) is 4.79 Å². The number of hydrogen-bond donors (Lipinski definition) is 2. The van der Waals surface area contributed by atoms with Crippen molar-refractivity contribution >= 4 is 5.91 Å². The molecule has 3 unspecified atom stereocenters. The van der Waals surface area contributed by atoms with Crippen molar-refractivity contribution in [2.24, 2.45) is 5.92 Å². The number of nitrogens with one attached hydrogen (secondary N) is 2. The van der Waals surface area contributed by atoms with Gasteiger partial charge in [-0.1, -0.05) is 31.2 Å². The van der Waals surface area contributed by atoms with Crippen LogP contribution >= 0.6 is 0 Å². The number of carbonyl (C=O) groups excluding carboxylic acids is 1. The zero-order valence-electron chi connectivity index (χ0n) is 13.8. The van der Waals surface area contributed by atoms with Gasteiger partial charge in [0.15, 0.2) is 0 Å². The minimum Gasteiger partial charge on any atom is -0.350 e. The lowest BCUT2D eigenvalue weighted by Gasteiger charge is -2.29. The van der Waals surface area contributed by atoms with Crippen LogP contribution in [-0.2, 0) is 11.2 Å². The minimum absolute atomic E-state index is 0.0943. The molecule has 2 bridgehead atoms. The highest BCUT2D eigenvalue weighted by atomic mass is 16.1. The van der Waals surface area contributed by atoms with Crippen molar-refractivity contribution in [1.29, 1.82) is 0 Å². The molecule has 0 aliphatic carbocycles. The van der Waals surface area contributed by atoms with E-state index >= 15 is 0 Å². The summed E-state index contributed by atoms with van der Waals surface area (Å²) in [6.07, 6.45) is 6.67. The van der Waals surface area contributed by atoms with E-state index in [1.54, 1.807) is 0 Å². The van der Waals surface area contributed by atoms with Gasteiger partial charge in [0.1, 0.15) is 0 Å². The molecule has 0 saturated carbocycles. The zero-order valence-corrected chi connectivity index (χ0v) is 13.8. The Morgan fingerprint density at radius 1 is 1.23 bits per heavy atom. The number of amides is 1. The first kappa shape index (κ1) is 15.5. The van der Waals surface area contributed by atoms with Gasteiger partial charge in [-0.3, -0.25) is 4.79 Å². The Balaban J connectivity index is 1.50. The first-order chi connectivity index (χ1) is 10.6. The van der Waals surface area contributed by atoms with E-state index < -0.39 is 0 Å². The van der Waals surface area contributed by atoms with E-state index in [1.165, 1.54) is 36.8 Å². The fraction of sp³-hybridized carbons (Fsp3) is 0.632. The molecule has 1 aromatic rings. The topological polar surface area (TPSA) is 41.1 Å². The summed E-state index contributed by atoms with van der Waals surface area (Å²) in [4.78, 5) is 12.3. The van der Waals surface area contributed by atoms with Crippen molar-refractivity contribution in [2.75, 3.05) is 0 Å². The number of aryl methyl sites for hydroxylation is 1. The summed E-state index contributed by atoms with van der Waals surface area (Å²) < 4.78 is 0. The molecule has 3 rings (SSSR count). The Labute approximate surface area is 133 Å². The van der Waals surface area contributed by atoms with Crippen LogP contribution in [-0.4, -0.2) is 18.0 Å². The molecule has 2 fully saturated rings. The van der Waals surface area contributed by atoms with Crippen LogP contribution in [0.4, 0.5) is 0 Å². The van der Waals surface area contributed by atoms with Crippen molar-refractivity contribution in [3.63, 3.8) is 0 Å². The van der Waals surface area contributed by atoms with Crippen LogP contribution in [0.15, 0.2) is 24.3 Å². The number of rotatable bonds is 5. The third-order valence-electron chi connectivity index (χ3n) is 5.31. The van der Waals surface area contributed by atoms with E-state index in [-0.39, 0.29) is 11.9 Å². The molecule has 3 atom stereocenters. The minimum atomic E-state index is 0.0943. The summed E-state index contributed by atoms with van der Waals surface area (Å²) in [6, 6.07) is 10.00. The van der Waals surface area contributed by atoms with Gasteiger partial charge in [0.05, 0.1) is 6.04 Å². The highest BCUT2D eigenvalue weighted by Gasteiger charge is 2.34.